The Kier molecular flexibility index (Phi) is 9.83. The van der Waals surface area contributed by atoms with E-state index in [-0.39, 0.29) is 41.9 Å². The zero-order chi connectivity index (χ0) is 20.6. The first kappa shape index (κ1) is 24.4. The van der Waals surface area contributed by atoms with E-state index in [1.807, 2.05) is 36.1 Å². The lowest BCUT2D eigenvalue weighted by molar-refractivity contribution is -0.142. The Morgan fingerprint density at radius 2 is 1.93 bits per heavy atom. The molecule has 1 atom stereocenters. The number of nitrogens with one attached hydrogen (secondary N) is 2. The van der Waals surface area contributed by atoms with E-state index in [4.69, 9.17) is 9.73 Å². The van der Waals surface area contributed by atoms with Gasteiger partial charge in [0.05, 0.1) is 6.54 Å². The molecule has 2 saturated heterocycles. The minimum absolute atomic E-state index is 0. The van der Waals surface area contributed by atoms with Crippen molar-refractivity contribution in [3.05, 3.63) is 29.8 Å². The topological polar surface area (TPSA) is 86.3 Å². The zero-order valence-corrected chi connectivity index (χ0v) is 20.1. The van der Waals surface area contributed by atoms with Gasteiger partial charge in [-0.3, -0.25) is 9.59 Å². The highest BCUT2D eigenvalue weighted by Crippen LogP contribution is 2.16. The number of carbonyl (C=O) groups excluding carboxylic acids is 2. The summed E-state index contributed by atoms with van der Waals surface area (Å²) in [7, 11) is 0. The Hall–Kier alpha value is -1.88. The second-order valence-corrected chi connectivity index (χ2v) is 7.37. The molecule has 2 fully saturated rings. The highest BCUT2D eigenvalue weighted by atomic mass is 127. The molecule has 0 bridgehead atoms. The number of halogens is 1. The molecule has 0 radical (unpaired) electrons. The lowest BCUT2D eigenvalue weighted by Gasteiger charge is -2.37. The fraction of sp³-hybridized carbons (Fsp3) is 0.571. The number of carbonyl (C=O) groups is 2. The van der Waals surface area contributed by atoms with Gasteiger partial charge in [0.25, 0.3) is 5.91 Å². The highest BCUT2D eigenvalue weighted by Gasteiger charge is 2.30. The molecule has 0 saturated carbocycles. The molecule has 1 aromatic rings. The first-order valence-corrected chi connectivity index (χ1v) is 10.4. The van der Waals surface area contributed by atoms with E-state index in [0.717, 1.165) is 49.7 Å². The van der Waals surface area contributed by atoms with Gasteiger partial charge < -0.3 is 25.2 Å². The quantitative estimate of drug-likeness (QED) is 0.347. The number of rotatable bonds is 5. The second kappa shape index (κ2) is 12.1. The van der Waals surface area contributed by atoms with Gasteiger partial charge in [0.1, 0.15) is 6.10 Å². The Morgan fingerprint density at radius 1 is 1.20 bits per heavy atom. The third kappa shape index (κ3) is 6.83. The molecule has 2 aliphatic rings. The molecule has 1 unspecified atom stereocenters. The van der Waals surface area contributed by atoms with E-state index in [1.54, 1.807) is 0 Å². The average molecular weight is 529 g/mol. The van der Waals surface area contributed by atoms with Crippen LogP contribution in [0.5, 0.6) is 0 Å². The van der Waals surface area contributed by atoms with Crippen LogP contribution < -0.4 is 10.6 Å². The summed E-state index contributed by atoms with van der Waals surface area (Å²) in [4.78, 5) is 32.6. The molecular weight excluding hydrogens is 497 g/mol. The van der Waals surface area contributed by atoms with Crippen LogP contribution in [0.2, 0.25) is 0 Å². The van der Waals surface area contributed by atoms with E-state index in [1.165, 1.54) is 6.92 Å². The molecule has 0 spiro atoms. The molecule has 1 aromatic carbocycles. The lowest BCUT2D eigenvalue weighted by atomic mass is 10.2. The first-order valence-electron chi connectivity index (χ1n) is 10.4. The maximum absolute atomic E-state index is 12.5. The fourth-order valence-corrected chi connectivity index (χ4v) is 3.66. The van der Waals surface area contributed by atoms with Gasteiger partial charge >= 0.3 is 0 Å². The Balaban J connectivity index is 0.00000320. The van der Waals surface area contributed by atoms with Gasteiger partial charge in [0, 0.05) is 51.9 Å². The van der Waals surface area contributed by atoms with Crippen LogP contribution >= 0.6 is 24.0 Å². The molecule has 8 nitrogen and oxygen atoms in total. The summed E-state index contributed by atoms with van der Waals surface area (Å²) in [6.45, 7) is 8.39. The van der Waals surface area contributed by atoms with Crippen LogP contribution in [0.4, 0.5) is 5.69 Å². The van der Waals surface area contributed by atoms with Gasteiger partial charge in [-0.2, -0.15) is 0 Å². The number of hydrogen-bond acceptors (Lipinski definition) is 4. The van der Waals surface area contributed by atoms with Crippen molar-refractivity contribution >= 4 is 47.4 Å². The third-order valence-electron chi connectivity index (χ3n) is 5.09. The molecular formula is C21H32IN5O3. The van der Waals surface area contributed by atoms with Crippen molar-refractivity contribution in [1.29, 1.82) is 0 Å². The molecule has 2 heterocycles. The number of amides is 2. The van der Waals surface area contributed by atoms with Crippen LogP contribution in [-0.2, 0) is 20.9 Å². The summed E-state index contributed by atoms with van der Waals surface area (Å²) in [5, 5.41) is 6.15. The predicted molar refractivity (Wildman–Crippen MR) is 128 cm³/mol. The molecule has 0 aliphatic carbocycles. The van der Waals surface area contributed by atoms with Crippen LogP contribution in [0.1, 0.15) is 32.3 Å². The summed E-state index contributed by atoms with van der Waals surface area (Å²) in [6.07, 6.45) is 1.55. The van der Waals surface area contributed by atoms with E-state index in [0.29, 0.717) is 26.2 Å². The number of piperazine rings is 1. The minimum Gasteiger partial charge on any atom is -0.368 e. The molecule has 30 heavy (non-hydrogen) atoms. The number of nitrogens with zero attached hydrogens (tertiary/aromatic N) is 3. The van der Waals surface area contributed by atoms with Gasteiger partial charge in [-0.05, 0) is 37.5 Å². The minimum atomic E-state index is -0.251. The predicted octanol–water partition coefficient (Wildman–Crippen LogP) is 2.05. The van der Waals surface area contributed by atoms with Crippen molar-refractivity contribution in [3.63, 3.8) is 0 Å². The van der Waals surface area contributed by atoms with Crippen molar-refractivity contribution in [2.45, 2.75) is 39.3 Å². The number of anilines is 1. The van der Waals surface area contributed by atoms with Crippen molar-refractivity contribution in [1.82, 2.24) is 15.1 Å². The number of guanidine groups is 1. The highest BCUT2D eigenvalue weighted by molar-refractivity contribution is 14.0. The lowest BCUT2D eigenvalue weighted by Crippen LogP contribution is -2.55. The zero-order valence-electron chi connectivity index (χ0n) is 17.7. The van der Waals surface area contributed by atoms with Gasteiger partial charge in [-0.25, -0.2) is 4.99 Å². The van der Waals surface area contributed by atoms with Gasteiger partial charge in [-0.1, -0.05) is 12.1 Å². The molecule has 3 rings (SSSR count). The summed E-state index contributed by atoms with van der Waals surface area (Å²) in [5.74, 6) is 0.884. The smallest absolute Gasteiger partial charge is 0.251 e. The number of aliphatic imine (C=N–C) groups is 1. The fourth-order valence-electron chi connectivity index (χ4n) is 3.66. The number of hydrogen-bond donors (Lipinski definition) is 2. The van der Waals surface area contributed by atoms with Crippen LogP contribution in [0.15, 0.2) is 29.3 Å². The van der Waals surface area contributed by atoms with Crippen LogP contribution in [0.3, 0.4) is 0 Å². The Morgan fingerprint density at radius 3 is 2.57 bits per heavy atom. The first-order chi connectivity index (χ1) is 14.1. The molecule has 2 amide bonds. The summed E-state index contributed by atoms with van der Waals surface area (Å²) >= 11 is 0. The molecule has 9 heteroatoms. The van der Waals surface area contributed by atoms with Crippen molar-refractivity contribution in [2.24, 2.45) is 4.99 Å². The van der Waals surface area contributed by atoms with E-state index in [9.17, 15) is 9.59 Å². The van der Waals surface area contributed by atoms with Gasteiger partial charge in [0.15, 0.2) is 5.96 Å². The number of benzene rings is 1. The SMILES string of the molecule is CCNC(=NCc1cccc(NC(C)=O)c1)N1CCN(C(=O)C2CCCO2)CC1.I. The molecule has 2 aliphatic heterocycles. The normalized spacial score (nSPS) is 19.3. The maximum atomic E-state index is 12.5. The van der Waals surface area contributed by atoms with Crippen LogP contribution in [-0.4, -0.2) is 73.0 Å². The molecule has 0 aromatic heterocycles. The van der Waals surface area contributed by atoms with Crippen LogP contribution in [0, 0.1) is 0 Å². The number of ether oxygens (including phenoxy) is 1. The summed E-state index contributed by atoms with van der Waals surface area (Å²) < 4.78 is 5.53. The Labute approximate surface area is 195 Å². The average Bonchev–Trinajstić information content (AvgIpc) is 3.25. The summed E-state index contributed by atoms with van der Waals surface area (Å²) in [6, 6.07) is 7.71. The van der Waals surface area contributed by atoms with Gasteiger partial charge in [-0.15, -0.1) is 24.0 Å². The van der Waals surface area contributed by atoms with E-state index < -0.39 is 0 Å². The third-order valence-corrected chi connectivity index (χ3v) is 5.09. The van der Waals surface area contributed by atoms with Crippen molar-refractivity contribution in [2.75, 3.05) is 44.6 Å². The molecule has 2 N–H and O–H groups in total. The Bertz CT molecular complexity index is 744. The second-order valence-electron chi connectivity index (χ2n) is 7.37. The molecule has 166 valence electrons. The maximum Gasteiger partial charge on any atom is 0.251 e. The standard InChI is InChI=1S/C21H31N5O3.HI/c1-3-22-21(23-15-17-6-4-7-18(14-17)24-16(2)27)26-11-9-25(10-12-26)20(28)19-8-5-13-29-19;/h4,6-7,14,19H,3,5,8-13,15H2,1-2H3,(H,22,23)(H,24,27);1H. The monoisotopic (exact) mass is 529 g/mol. The summed E-state index contributed by atoms with van der Waals surface area (Å²) in [5.41, 5.74) is 1.80. The van der Waals surface area contributed by atoms with Gasteiger partial charge in [0.2, 0.25) is 5.91 Å². The van der Waals surface area contributed by atoms with E-state index >= 15 is 0 Å². The van der Waals surface area contributed by atoms with Crippen LogP contribution in [0.25, 0.3) is 0 Å². The van der Waals surface area contributed by atoms with Crippen molar-refractivity contribution in [3.8, 4) is 0 Å². The van der Waals surface area contributed by atoms with Crippen molar-refractivity contribution < 1.29 is 14.3 Å². The van der Waals surface area contributed by atoms with E-state index in [2.05, 4.69) is 15.5 Å². The largest absolute Gasteiger partial charge is 0.368 e.